The van der Waals surface area contributed by atoms with Crippen molar-refractivity contribution in [1.82, 2.24) is 0 Å². The minimum absolute atomic E-state index is 0.602. The Morgan fingerprint density at radius 1 is 1.06 bits per heavy atom. The molecule has 1 rings (SSSR count). The summed E-state index contributed by atoms with van der Waals surface area (Å²) in [6.45, 7) is 3.05. The number of rotatable bonds is 7. The van der Waals surface area contributed by atoms with Gasteiger partial charge in [-0.25, -0.2) is 0 Å². The van der Waals surface area contributed by atoms with Gasteiger partial charge in [-0.1, -0.05) is 15.9 Å². The van der Waals surface area contributed by atoms with Crippen LogP contribution >= 0.6 is 15.9 Å². The molecular formula is C12H19BrNO2+. The lowest BCUT2D eigenvalue weighted by molar-refractivity contribution is -0.858. The van der Waals surface area contributed by atoms with Crippen molar-refractivity contribution in [3.8, 4) is 5.75 Å². The zero-order valence-corrected chi connectivity index (χ0v) is 11.4. The molecule has 1 N–H and O–H groups in total. The van der Waals surface area contributed by atoms with E-state index in [9.17, 15) is 0 Å². The van der Waals surface area contributed by atoms with Gasteiger partial charge in [-0.2, -0.15) is 0 Å². The molecule has 0 aliphatic carbocycles. The molecule has 0 spiro atoms. The lowest BCUT2D eigenvalue weighted by Gasteiger charge is -2.09. The molecule has 3 nitrogen and oxygen atoms in total. The molecule has 0 saturated heterocycles. The fraction of sp³-hybridized carbons (Fsp3) is 0.500. The molecule has 0 amide bonds. The van der Waals surface area contributed by atoms with Crippen LogP contribution in [0, 0.1) is 0 Å². The molecule has 0 aliphatic heterocycles. The number of likely N-dealkylation sites (N-methyl/N-ethyl adjacent to an activating group) is 1. The van der Waals surface area contributed by atoms with Crippen LogP contribution < -0.4 is 9.64 Å². The van der Waals surface area contributed by atoms with E-state index in [4.69, 9.17) is 9.47 Å². The van der Waals surface area contributed by atoms with Gasteiger partial charge < -0.3 is 14.4 Å². The molecule has 4 heteroatoms. The Bertz CT molecular complexity index is 288. The average Bonchev–Trinajstić information content (AvgIpc) is 2.25. The van der Waals surface area contributed by atoms with Crippen LogP contribution in [-0.2, 0) is 4.74 Å². The predicted molar refractivity (Wildman–Crippen MR) is 68.1 cm³/mol. The highest BCUT2D eigenvalue weighted by atomic mass is 79.9. The molecule has 0 fully saturated rings. The monoisotopic (exact) mass is 288 g/mol. The Kier molecular flexibility index (Phi) is 6.45. The summed E-state index contributed by atoms with van der Waals surface area (Å²) in [7, 11) is 4.23. The van der Waals surface area contributed by atoms with Crippen molar-refractivity contribution < 1.29 is 14.4 Å². The van der Waals surface area contributed by atoms with Gasteiger partial charge in [-0.05, 0) is 24.3 Å². The van der Waals surface area contributed by atoms with E-state index in [2.05, 4.69) is 30.0 Å². The van der Waals surface area contributed by atoms with Crippen LogP contribution in [0.4, 0.5) is 0 Å². The van der Waals surface area contributed by atoms with Crippen LogP contribution in [-0.4, -0.2) is 40.5 Å². The highest BCUT2D eigenvalue weighted by molar-refractivity contribution is 9.10. The summed E-state index contributed by atoms with van der Waals surface area (Å²) < 4.78 is 12.0. The predicted octanol–water partition coefficient (Wildman–Crippen LogP) is 0.989. The van der Waals surface area contributed by atoms with E-state index in [-0.39, 0.29) is 0 Å². The van der Waals surface area contributed by atoms with Crippen molar-refractivity contribution in [1.29, 1.82) is 0 Å². The number of nitrogens with one attached hydrogen (secondary N) is 1. The zero-order chi connectivity index (χ0) is 11.8. The molecule has 0 radical (unpaired) electrons. The van der Waals surface area contributed by atoms with Gasteiger partial charge in [0.1, 0.15) is 18.9 Å². The summed E-state index contributed by atoms with van der Waals surface area (Å²) in [5.41, 5.74) is 0. The topological polar surface area (TPSA) is 22.9 Å². The van der Waals surface area contributed by atoms with Gasteiger partial charge in [0.25, 0.3) is 0 Å². The summed E-state index contributed by atoms with van der Waals surface area (Å²) in [5, 5.41) is 0. The van der Waals surface area contributed by atoms with Crippen LogP contribution in [0.15, 0.2) is 28.7 Å². The Morgan fingerprint density at radius 2 is 1.75 bits per heavy atom. The van der Waals surface area contributed by atoms with Gasteiger partial charge in [0, 0.05) is 4.47 Å². The first-order valence-corrected chi connectivity index (χ1v) is 6.23. The fourth-order valence-electron chi connectivity index (χ4n) is 1.13. The van der Waals surface area contributed by atoms with Crippen molar-refractivity contribution >= 4 is 15.9 Å². The molecule has 16 heavy (non-hydrogen) atoms. The van der Waals surface area contributed by atoms with Crippen LogP contribution in [0.2, 0.25) is 0 Å². The van der Waals surface area contributed by atoms with Crippen molar-refractivity contribution in [2.24, 2.45) is 0 Å². The Morgan fingerprint density at radius 3 is 2.38 bits per heavy atom. The lowest BCUT2D eigenvalue weighted by atomic mass is 10.3. The molecule has 0 bridgehead atoms. The summed E-state index contributed by atoms with van der Waals surface area (Å²) in [6, 6.07) is 7.80. The van der Waals surface area contributed by atoms with Gasteiger partial charge in [-0.15, -0.1) is 0 Å². The highest BCUT2D eigenvalue weighted by Crippen LogP contribution is 2.15. The van der Waals surface area contributed by atoms with Crippen molar-refractivity contribution in [2.45, 2.75) is 0 Å². The van der Waals surface area contributed by atoms with E-state index >= 15 is 0 Å². The molecule has 0 unspecified atom stereocenters. The third-order valence-corrected chi connectivity index (χ3v) is 2.59. The molecule has 90 valence electrons. The van der Waals surface area contributed by atoms with Gasteiger partial charge in [0.15, 0.2) is 0 Å². The Hall–Kier alpha value is -0.580. The third-order valence-electron chi connectivity index (χ3n) is 2.06. The number of hydrogen-bond donors (Lipinski definition) is 1. The highest BCUT2D eigenvalue weighted by Gasteiger charge is 1.95. The van der Waals surface area contributed by atoms with Crippen molar-refractivity contribution in [3.05, 3.63) is 28.7 Å². The second-order valence-electron chi connectivity index (χ2n) is 3.87. The Balaban J connectivity index is 2.05. The normalized spacial score (nSPS) is 10.8. The number of halogens is 1. The number of hydrogen-bond acceptors (Lipinski definition) is 2. The van der Waals surface area contributed by atoms with Crippen LogP contribution in [0.5, 0.6) is 5.75 Å². The summed E-state index contributed by atoms with van der Waals surface area (Å²) in [6.07, 6.45) is 0. The maximum atomic E-state index is 5.52. The summed E-state index contributed by atoms with van der Waals surface area (Å²) in [5.74, 6) is 0.880. The first-order chi connectivity index (χ1) is 7.68. The third kappa shape index (κ3) is 6.10. The van der Waals surface area contributed by atoms with Gasteiger partial charge in [0.05, 0.1) is 27.3 Å². The quantitative estimate of drug-likeness (QED) is 0.757. The molecule has 0 saturated carbocycles. The number of ether oxygens (including phenoxy) is 2. The second kappa shape index (κ2) is 7.65. The molecule has 0 atom stereocenters. The maximum Gasteiger partial charge on any atom is 0.119 e. The molecule has 1 aromatic rings. The van der Waals surface area contributed by atoms with E-state index < -0.39 is 0 Å². The van der Waals surface area contributed by atoms with E-state index in [0.29, 0.717) is 13.2 Å². The number of quaternary nitrogens is 1. The average molecular weight is 289 g/mol. The first kappa shape index (κ1) is 13.5. The minimum Gasteiger partial charge on any atom is -0.491 e. The molecule has 1 aromatic carbocycles. The van der Waals surface area contributed by atoms with E-state index in [1.807, 2.05) is 24.3 Å². The summed E-state index contributed by atoms with van der Waals surface area (Å²) in [4.78, 5) is 1.40. The summed E-state index contributed by atoms with van der Waals surface area (Å²) >= 11 is 3.38. The van der Waals surface area contributed by atoms with Crippen LogP contribution in [0.3, 0.4) is 0 Å². The van der Waals surface area contributed by atoms with Crippen molar-refractivity contribution in [2.75, 3.05) is 40.5 Å². The van der Waals surface area contributed by atoms with Gasteiger partial charge in [-0.3, -0.25) is 0 Å². The lowest BCUT2D eigenvalue weighted by Crippen LogP contribution is -3.06. The van der Waals surface area contributed by atoms with Crippen LogP contribution in [0.25, 0.3) is 0 Å². The smallest absolute Gasteiger partial charge is 0.119 e. The van der Waals surface area contributed by atoms with E-state index in [1.54, 1.807) is 0 Å². The standard InChI is InChI=1S/C12H18BrNO2/c1-14(2)7-8-15-9-10-16-12-5-3-11(13)4-6-12/h3-6H,7-10H2,1-2H3/p+1. The SMILES string of the molecule is C[NH+](C)CCOCCOc1ccc(Br)cc1. The van der Waals surface area contributed by atoms with Crippen molar-refractivity contribution in [3.63, 3.8) is 0 Å². The fourth-order valence-corrected chi connectivity index (χ4v) is 1.39. The molecular weight excluding hydrogens is 270 g/mol. The minimum atomic E-state index is 0.602. The van der Waals surface area contributed by atoms with E-state index in [1.165, 1.54) is 4.90 Å². The largest absolute Gasteiger partial charge is 0.491 e. The maximum absolute atomic E-state index is 5.52. The van der Waals surface area contributed by atoms with E-state index in [0.717, 1.165) is 23.4 Å². The first-order valence-electron chi connectivity index (χ1n) is 5.43. The van der Waals surface area contributed by atoms with Gasteiger partial charge in [0.2, 0.25) is 0 Å². The molecule has 0 aliphatic rings. The second-order valence-corrected chi connectivity index (χ2v) is 4.79. The molecule has 0 heterocycles. The van der Waals surface area contributed by atoms with Gasteiger partial charge >= 0.3 is 0 Å². The zero-order valence-electron chi connectivity index (χ0n) is 9.83. The molecule has 0 aromatic heterocycles. The number of benzene rings is 1. The van der Waals surface area contributed by atoms with Crippen LogP contribution in [0.1, 0.15) is 0 Å². The Labute approximate surface area is 105 Å².